The van der Waals surface area contributed by atoms with E-state index in [1.807, 2.05) is 26.8 Å². The molecular weight excluding hydrogens is 212 g/mol. The fraction of sp³-hybridized carbons (Fsp3) is 0.500. The normalized spacial score (nSPS) is 11.3. The Morgan fingerprint density at radius 2 is 2.06 bits per heavy atom. The first-order chi connectivity index (χ1) is 7.85. The van der Waals surface area contributed by atoms with Gasteiger partial charge in [-0.2, -0.15) is 0 Å². The van der Waals surface area contributed by atoms with Crippen LogP contribution in [0.15, 0.2) is 18.2 Å². The number of benzene rings is 1. The van der Waals surface area contributed by atoms with E-state index >= 15 is 0 Å². The van der Waals surface area contributed by atoms with Crippen molar-refractivity contribution < 1.29 is 4.79 Å². The Morgan fingerprint density at radius 1 is 1.41 bits per heavy atom. The van der Waals surface area contributed by atoms with Crippen molar-refractivity contribution in [3.63, 3.8) is 0 Å². The molecule has 0 bridgehead atoms. The van der Waals surface area contributed by atoms with E-state index in [9.17, 15) is 4.79 Å². The largest absolute Gasteiger partial charge is 0.399 e. The van der Waals surface area contributed by atoms with Crippen molar-refractivity contribution in [3.05, 3.63) is 29.3 Å². The molecule has 0 spiro atoms. The van der Waals surface area contributed by atoms with Gasteiger partial charge in [-0.25, -0.2) is 0 Å². The first-order valence-electron chi connectivity index (χ1n) is 6.04. The van der Waals surface area contributed by atoms with Crippen LogP contribution in [0, 0.1) is 6.92 Å². The standard InChI is InChI=1S/C14H22N2O/c1-5-8-14(3,4)16-13(17)11-6-7-12(15)10(2)9-11/h6-7,9H,5,8,15H2,1-4H3,(H,16,17). The molecular formula is C14H22N2O. The van der Waals surface area contributed by atoms with Crippen LogP contribution in [-0.2, 0) is 0 Å². The van der Waals surface area contributed by atoms with Crippen LogP contribution >= 0.6 is 0 Å². The number of rotatable bonds is 4. The second kappa shape index (κ2) is 5.21. The molecule has 1 amide bonds. The Morgan fingerprint density at radius 3 is 2.59 bits per heavy atom. The molecule has 0 saturated heterocycles. The number of nitrogens with one attached hydrogen (secondary N) is 1. The molecule has 0 aliphatic rings. The summed E-state index contributed by atoms with van der Waals surface area (Å²) < 4.78 is 0. The van der Waals surface area contributed by atoms with Crippen molar-refractivity contribution in [1.29, 1.82) is 0 Å². The molecule has 1 aromatic carbocycles. The van der Waals surface area contributed by atoms with Gasteiger partial charge in [0.05, 0.1) is 0 Å². The molecule has 1 aromatic rings. The van der Waals surface area contributed by atoms with Crippen LogP contribution in [0.4, 0.5) is 5.69 Å². The number of amides is 1. The van der Waals surface area contributed by atoms with Crippen molar-refractivity contribution in [2.45, 2.75) is 46.1 Å². The quantitative estimate of drug-likeness (QED) is 0.787. The maximum Gasteiger partial charge on any atom is 0.251 e. The zero-order valence-corrected chi connectivity index (χ0v) is 11.1. The summed E-state index contributed by atoms with van der Waals surface area (Å²) in [6.45, 7) is 8.10. The van der Waals surface area contributed by atoms with E-state index in [1.54, 1.807) is 12.1 Å². The summed E-state index contributed by atoms with van der Waals surface area (Å²) in [4.78, 5) is 12.0. The fourth-order valence-electron chi connectivity index (χ4n) is 1.88. The molecule has 1 rings (SSSR count). The lowest BCUT2D eigenvalue weighted by Gasteiger charge is -2.25. The van der Waals surface area contributed by atoms with E-state index in [1.165, 1.54) is 0 Å². The number of nitrogens with two attached hydrogens (primary N) is 1. The molecule has 17 heavy (non-hydrogen) atoms. The van der Waals surface area contributed by atoms with Gasteiger partial charge in [-0.3, -0.25) is 4.79 Å². The fourth-order valence-corrected chi connectivity index (χ4v) is 1.88. The van der Waals surface area contributed by atoms with E-state index in [2.05, 4.69) is 12.2 Å². The van der Waals surface area contributed by atoms with Crippen LogP contribution in [0.1, 0.15) is 49.5 Å². The highest BCUT2D eigenvalue weighted by atomic mass is 16.1. The number of carbonyl (C=O) groups is 1. The Hall–Kier alpha value is -1.51. The Labute approximate surface area is 103 Å². The molecule has 0 aliphatic heterocycles. The molecule has 3 heteroatoms. The molecule has 94 valence electrons. The third kappa shape index (κ3) is 3.77. The smallest absolute Gasteiger partial charge is 0.251 e. The van der Waals surface area contributed by atoms with Gasteiger partial charge >= 0.3 is 0 Å². The minimum absolute atomic E-state index is 0.0356. The highest BCUT2D eigenvalue weighted by Gasteiger charge is 2.20. The van der Waals surface area contributed by atoms with Gasteiger partial charge in [0.15, 0.2) is 0 Å². The lowest BCUT2D eigenvalue weighted by atomic mass is 9.98. The summed E-state index contributed by atoms with van der Waals surface area (Å²) in [7, 11) is 0. The summed E-state index contributed by atoms with van der Waals surface area (Å²) in [6.07, 6.45) is 2.01. The predicted molar refractivity (Wildman–Crippen MR) is 72.0 cm³/mol. The van der Waals surface area contributed by atoms with Gasteiger partial charge in [-0.05, 0) is 51.0 Å². The second-order valence-corrected chi connectivity index (χ2v) is 5.16. The third-order valence-corrected chi connectivity index (χ3v) is 2.86. The third-order valence-electron chi connectivity index (χ3n) is 2.86. The molecule has 0 atom stereocenters. The van der Waals surface area contributed by atoms with Gasteiger partial charge < -0.3 is 11.1 Å². The van der Waals surface area contributed by atoms with Crippen LogP contribution in [0.3, 0.4) is 0 Å². The molecule has 0 fully saturated rings. The molecule has 0 saturated carbocycles. The summed E-state index contributed by atoms with van der Waals surface area (Å²) in [5.74, 6) is -0.0356. The molecule has 0 aromatic heterocycles. The highest BCUT2D eigenvalue weighted by Crippen LogP contribution is 2.15. The number of carbonyl (C=O) groups excluding carboxylic acids is 1. The lowest BCUT2D eigenvalue weighted by molar-refractivity contribution is 0.0909. The van der Waals surface area contributed by atoms with E-state index < -0.39 is 0 Å². The van der Waals surface area contributed by atoms with Gasteiger partial charge in [0, 0.05) is 16.8 Å². The molecule has 0 unspecified atom stereocenters. The summed E-state index contributed by atoms with van der Waals surface area (Å²) in [6, 6.07) is 5.36. The maximum absolute atomic E-state index is 12.0. The Balaban J connectivity index is 2.80. The Bertz CT molecular complexity index is 411. The number of hydrogen-bond donors (Lipinski definition) is 2. The first kappa shape index (κ1) is 13.6. The number of hydrogen-bond acceptors (Lipinski definition) is 2. The van der Waals surface area contributed by atoms with Gasteiger partial charge in [0.2, 0.25) is 0 Å². The first-order valence-corrected chi connectivity index (χ1v) is 6.04. The molecule has 0 radical (unpaired) electrons. The van der Waals surface area contributed by atoms with Crippen molar-refractivity contribution in [3.8, 4) is 0 Å². The van der Waals surface area contributed by atoms with Crippen molar-refractivity contribution in [1.82, 2.24) is 5.32 Å². The maximum atomic E-state index is 12.0. The summed E-state index contributed by atoms with van der Waals surface area (Å²) in [5, 5.41) is 3.04. The average molecular weight is 234 g/mol. The number of aryl methyl sites for hydroxylation is 1. The monoisotopic (exact) mass is 234 g/mol. The summed E-state index contributed by atoms with van der Waals surface area (Å²) in [5.41, 5.74) is 7.89. The Kier molecular flexibility index (Phi) is 4.16. The zero-order chi connectivity index (χ0) is 13.1. The molecule has 0 aliphatic carbocycles. The topological polar surface area (TPSA) is 55.1 Å². The zero-order valence-electron chi connectivity index (χ0n) is 11.1. The molecule has 3 nitrogen and oxygen atoms in total. The minimum atomic E-state index is -0.166. The number of anilines is 1. The van der Waals surface area contributed by atoms with Crippen LogP contribution in [-0.4, -0.2) is 11.4 Å². The average Bonchev–Trinajstić information content (AvgIpc) is 2.21. The number of nitrogen functional groups attached to an aromatic ring is 1. The SMILES string of the molecule is CCCC(C)(C)NC(=O)c1ccc(N)c(C)c1. The minimum Gasteiger partial charge on any atom is -0.399 e. The second-order valence-electron chi connectivity index (χ2n) is 5.16. The lowest BCUT2D eigenvalue weighted by Crippen LogP contribution is -2.43. The van der Waals surface area contributed by atoms with Crippen LogP contribution in [0.25, 0.3) is 0 Å². The molecule has 3 N–H and O–H groups in total. The van der Waals surface area contributed by atoms with Crippen LogP contribution in [0.2, 0.25) is 0 Å². The van der Waals surface area contributed by atoms with Gasteiger partial charge in [0.1, 0.15) is 0 Å². The molecule has 0 heterocycles. The summed E-state index contributed by atoms with van der Waals surface area (Å²) >= 11 is 0. The highest BCUT2D eigenvalue weighted by molar-refractivity contribution is 5.95. The van der Waals surface area contributed by atoms with Crippen molar-refractivity contribution in [2.75, 3.05) is 5.73 Å². The van der Waals surface area contributed by atoms with Crippen molar-refractivity contribution in [2.24, 2.45) is 0 Å². The van der Waals surface area contributed by atoms with Gasteiger partial charge in [-0.1, -0.05) is 13.3 Å². The van der Waals surface area contributed by atoms with E-state index in [0.717, 1.165) is 24.1 Å². The van der Waals surface area contributed by atoms with Crippen molar-refractivity contribution >= 4 is 11.6 Å². The van der Waals surface area contributed by atoms with Crippen LogP contribution in [0.5, 0.6) is 0 Å². The van der Waals surface area contributed by atoms with E-state index in [-0.39, 0.29) is 11.4 Å². The predicted octanol–water partition coefficient (Wildman–Crippen LogP) is 2.89. The van der Waals surface area contributed by atoms with E-state index in [4.69, 9.17) is 5.73 Å². The van der Waals surface area contributed by atoms with E-state index in [0.29, 0.717) is 5.56 Å². The van der Waals surface area contributed by atoms with Gasteiger partial charge in [-0.15, -0.1) is 0 Å². The van der Waals surface area contributed by atoms with Gasteiger partial charge in [0.25, 0.3) is 5.91 Å². The van der Waals surface area contributed by atoms with Crippen LogP contribution < -0.4 is 11.1 Å².